The van der Waals surface area contributed by atoms with Gasteiger partial charge in [-0.2, -0.15) is 0 Å². The lowest BCUT2D eigenvalue weighted by Gasteiger charge is -2.21. The minimum absolute atomic E-state index is 0. The summed E-state index contributed by atoms with van der Waals surface area (Å²) in [4.78, 5) is 6.84. The predicted octanol–water partition coefficient (Wildman–Crippen LogP) is 3.65. The van der Waals surface area contributed by atoms with E-state index in [-0.39, 0.29) is 24.0 Å². The number of benzene rings is 1. The van der Waals surface area contributed by atoms with Gasteiger partial charge in [-0.1, -0.05) is 31.0 Å². The van der Waals surface area contributed by atoms with Crippen LogP contribution in [0.25, 0.3) is 0 Å². The van der Waals surface area contributed by atoms with Crippen molar-refractivity contribution in [1.29, 1.82) is 0 Å². The fourth-order valence-corrected chi connectivity index (χ4v) is 2.93. The Hall–Kier alpha value is -0.780. The summed E-state index contributed by atoms with van der Waals surface area (Å²) in [6, 6.07) is 6.46. The molecule has 3 nitrogen and oxygen atoms in total. The van der Waals surface area contributed by atoms with Crippen molar-refractivity contribution in [3.63, 3.8) is 0 Å². The molecule has 1 aromatic carbocycles. The molecule has 0 aliphatic carbocycles. The van der Waals surface area contributed by atoms with Gasteiger partial charge in [0, 0.05) is 19.6 Å². The first-order chi connectivity index (χ1) is 9.68. The minimum atomic E-state index is 0. The SMILES string of the molecule is Cc1cccc(C)c1CCN=C(N)N1CCCCCC1.I. The highest BCUT2D eigenvalue weighted by molar-refractivity contribution is 14.0. The number of aliphatic imine (C=N–C) groups is 1. The first kappa shape index (κ1) is 18.3. The van der Waals surface area contributed by atoms with Gasteiger partial charge in [0.2, 0.25) is 0 Å². The number of rotatable bonds is 3. The van der Waals surface area contributed by atoms with Crippen LogP contribution in [0.4, 0.5) is 0 Å². The Balaban J connectivity index is 0.00000220. The van der Waals surface area contributed by atoms with Crippen LogP contribution in [0.1, 0.15) is 42.4 Å². The standard InChI is InChI=1S/C17H27N3.HI/c1-14-8-7-9-15(2)16(14)10-11-19-17(18)20-12-5-3-4-6-13-20;/h7-9H,3-6,10-13H2,1-2H3,(H2,18,19);1H. The van der Waals surface area contributed by atoms with Crippen LogP contribution >= 0.6 is 24.0 Å². The molecule has 2 rings (SSSR count). The molecule has 1 saturated heterocycles. The van der Waals surface area contributed by atoms with Gasteiger partial charge in [-0.15, -0.1) is 24.0 Å². The third-order valence-electron chi connectivity index (χ3n) is 4.21. The molecule has 1 fully saturated rings. The topological polar surface area (TPSA) is 41.6 Å². The normalized spacial score (nSPS) is 16.3. The highest BCUT2D eigenvalue weighted by atomic mass is 127. The van der Waals surface area contributed by atoms with Crippen molar-refractivity contribution in [2.75, 3.05) is 19.6 Å². The zero-order chi connectivity index (χ0) is 14.4. The number of hydrogen-bond donors (Lipinski definition) is 1. The van der Waals surface area contributed by atoms with Crippen LogP contribution in [0.15, 0.2) is 23.2 Å². The van der Waals surface area contributed by atoms with E-state index in [1.807, 2.05) is 0 Å². The van der Waals surface area contributed by atoms with Crippen molar-refractivity contribution in [3.8, 4) is 0 Å². The second-order valence-corrected chi connectivity index (χ2v) is 5.76. The lowest BCUT2D eigenvalue weighted by Crippen LogP contribution is -2.38. The summed E-state index contributed by atoms with van der Waals surface area (Å²) in [5, 5.41) is 0. The highest BCUT2D eigenvalue weighted by Crippen LogP contribution is 2.14. The third-order valence-corrected chi connectivity index (χ3v) is 4.21. The quantitative estimate of drug-likeness (QED) is 0.477. The number of hydrogen-bond acceptors (Lipinski definition) is 1. The maximum Gasteiger partial charge on any atom is 0.191 e. The van der Waals surface area contributed by atoms with E-state index >= 15 is 0 Å². The van der Waals surface area contributed by atoms with E-state index in [9.17, 15) is 0 Å². The Morgan fingerprint density at radius 3 is 2.24 bits per heavy atom. The van der Waals surface area contributed by atoms with E-state index in [1.165, 1.54) is 42.4 Å². The molecular weight excluding hydrogens is 373 g/mol. The lowest BCUT2D eigenvalue weighted by atomic mass is 10.0. The first-order valence-electron chi connectivity index (χ1n) is 7.78. The molecule has 118 valence electrons. The highest BCUT2D eigenvalue weighted by Gasteiger charge is 2.10. The fraction of sp³-hybridized carbons (Fsp3) is 0.588. The molecule has 0 unspecified atom stereocenters. The van der Waals surface area contributed by atoms with E-state index in [1.54, 1.807) is 0 Å². The van der Waals surface area contributed by atoms with Crippen molar-refractivity contribution in [2.24, 2.45) is 10.7 Å². The Morgan fingerprint density at radius 2 is 1.67 bits per heavy atom. The Morgan fingerprint density at radius 1 is 1.10 bits per heavy atom. The smallest absolute Gasteiger partial charge is 0.191 e. The van der Waals surface area contributed by atoms with Gasteiger partial charge in [0.1, 0.15) is 0 Å². The molecule has 0 bridgehead atoms. The number of halogens is 1. The molecule has 0 aromatic heterocycles. The Kier molecular flexibility index (Phi) is 8.07. The third kappa shape index (κ3) is 5.49. The average molecular weight is 401 g/mol. The van der Waals surface area contributed by atoms with E-state index in [4.69, 9.17) is 5.73 Å². The number of likely N-dealkylation sites (tertiary alicyclic amines) is 1. The molecule has 21 heavy (non-hydrogen) atoms. The largest absolute Gasteiger partial charge is 0.370 e. The molecular formula is C17H28IN3. The molecule has 1 aliphatic rings. The van der Waals surface area contributed by atoms with Crippen LogP contribution in [-0.2, 0) is 6.42 Å². The lowest BCUT2D eigenvalue weighted by molar-refractivity contribution is 0.428. The number of aryl methyl sites for hydroxylation is 2. The molecule has 1 aliphatic heterocycles. The van der Waals surface area contributed by atoms with Gasteiger partial charge in [-0.3, -0.25) is 4.99 Å². The summed E-state index contributed by atoms with van der Waals surface area (Å²) in [6.45, 7) is 7.26. The summed E-state index contributed by atoms with van der Waals surface area (Å²) in [5.74, 6) is 0.734. The van der Waals surface area contributed by atoms with Crippen LogP contribution in [0.2, 0.25) is 0 Å². The van der Waals surface area contributed by atoms with Crippen LogP contribution in [0, 0.1) is 13.8 Å². The van der Waals surface area contributed by atoms with E-state index in [0.717, 1.165) is 32.0 Å². The number of nitrogens with zero attached hydrogens (tertiary/aromatic N) is 2. The molecule has 1 heterocycles. The summed E-state index contributed by atoms with van der Waals surface area (Å²) in [6.07, 6.45) is 6.12. The maximum atomic E-state index is 6.13. The van der Waals surface area contributed by atoms with Gasteiger partial charge in [-0.05, 0) is 49.8 Å². The molecule has 0 radical (unpaired) electrons. The summed E-state index contributed by atoms with van der Waals surface area (Å²) >= 11 is 0. The van der Waals surface area contributed by atoms with Crippen molar-refractivity contribution in [3.05, 3.63) is 34.9 Å². The van der Waals surface area contributed by atoms with Gasteiger partial charge in [0.15, 0.2) is 5.96 Å². The summed E-state index contributed by atoms with van der Waals surface area (Å²) in [5.41, 5.74) is 10.3. The molecule has 0 amide bonds. The monoisotopic (exact) mass is 401 g/mol. The van der Waals surface area contributed by atoms with Gasteiger partial charge in [0.25, 0.3) is 0 Å². The molecule has 1 aromatic rings. The fourth-order valence-electron chi connectivity index (χ4n) is 2.93. The number of nitrogens with two attached hydrogens (primary N) is 1. The van der Waals surface area contributed by atoms with Gasteiger partial charge in [-0.25, -0.2) is 0 Å². The van der Waals surface area contributed by atoms with Crippen LogP contribution in [0.5, 0.6) is 0 Å². The first-order valence-corrected chi connectivity index (χ1v) is 7.78. The minimum Gasteiger partial charge on any atom is -0.370 e. The van der Waals surface area contributed by atoms with Gasteiger partial charge >= 0.3 is 0 Å². The molecule has 4 heteroatoms. The van der Waals surface area contributed by atoms with Crippen molar-refractivity contribution < 1.29 is 0 Å². The van der Waals surface area contributed by atoms with Gasteiger partial charge in [0.05, 0.1) is 0 Å². The summed E-state index contributed by atoms with van der Waals surface area (Å²) < 4.78 is 0. The number of guanidine groups is 1. The molecule has 0 atom stereocenters. The zero-order valence-corrected chi connectivity index (χ0v) is 15.6. The van der Waals surface area contributed by atoms with E-state index in [2.05, 4.69) is 41.9 Å². The maximum absolute atomic E-state index is 6.13. The van der Waals surface area contributed by atoms with Gasteiger partial charge < -0.3 is 10.6 Å². The molecule has 2 N–H and O–H groups in total. The predicted molar refractivity (Wildman–Crippen MR) is 102 cm³/mol. The van der Waals surface area contributed by atoms with Crippen molar-refractivity contribution in [2.45, 2.75) is 46.0 Å². The average Bonchev–Trinajstić information content (AvgIpc) is 2.71. The summed E-state index contributed by atoms with van der Waals surface area (Å²) in [7, 11) is 0. The second-order valence-electron chi connectivity index (χ2n) is 5.76. The van der Waals surface area contributed by atoms with E-state index < -0.39 is 0 Å². The Bertz CT molecular complexity index is 443. The van der Waals surface area contributed by atoms with Crippen LogP contribution < -0.4 is 5.73 Å². The van der Waals surface area contributed by atoms with E-state index in [0.29, 0.717) is 0 Å². The Labute approximate surface area is 146 Å². The molecule has 0 spiro atoms. The van der Waals surface area contributed by atoms with Crippen LogP contribution in [0.3, 0.4) is 0 Å². The van der Waals surface area contributed by atoms with Crippen LogP contribution in [-0.4, -0.2) is 30.5 Å². The second kappa shape index (κ2) is 9.28. The van der Waals surface area contributed by atoms with Crippen molar-refractivity contribution >= 4 is 29.9 Å². The molecule has 0 saturated carbocycles. The van der Waals surface area contributed by atoms with Crippen molar-refractivity contribution in [1.82, 2.24) is 4.90 Å². The zero-order valence-electron chi connectivity index (χ0n) is 13.3.